The van der Waals surface area contributed by atoms with E-state index in [1.165, 1.54) is 12.1 Å². The van der Waals surface area contributed by atoms with Crippen LogP contribution in [0.2, 0.25) is 0 Å². The van der Waals surface area contributed by atoms with Crippen molar-refractivity contribution in [3.05, 3.63) is 30.1 Å². The molecule has 82 valence electrons. The standard InChI is InChI=1S/C11H16FN3/c1-2-3-8-15(11(13)14)10-6-4-9(12)5-7-10/h4-7H,2-3,8H2,1H3,(H3,13,14). The van der Waals surface area contributed by atoms with Gasteiger partial charge in [0.2, 0.25) is 0 Å². The van der Waals surface area contributed by atoms with Crippen LogP contribution in [0.3, 0.4) is 0 Å². The maximum Gasteiger partial charge on any atom is 0.192 e. The summed E-state index contributed by atoms with van der Waals surface area (Å²) in [4.78, 5) is 1.67. The van der Waals surface area contributed by atoms with Crippen LogP contribution in [0.1, 0.15) is 19.8 Å². The number of nitrogens with one attached hydrogen (secondary N) is 1. The Morgan fingerprint density at radius 2 is 2.00 bits per heavy atom. The van der Waals surface area contributed by atoms with Gasteiger partial charge in [-0.1, -0.05) is 13.3 Å². The van der Waals surface area contributed by atoms with Crippen LogP contribution < -0.4 is 10.6 Å². The molecule has 1 aromatic rings. The maximum absolute atomic E-state index is 12.7. The van der Waals surface area contributed by atoms with E-state index in [2.05, 4.69) is 6.92 Å². The van der Waals surface area contributed by atoms with Gasteiger partial charge in [-0.3, -0.25) is 5.41 Å². The van der Waals surface area contributed by atoms with Crippen molar-refractivity contribution in [2.45, 2.75) is 19.8 Å². The summed E-state index contributed by atoms with van der Waals surface area (Å²) in [6.07, 6.45) is 1.99. The summed E-state index contributed by atoms with van der Waals surface area (Å²) in [5.41, 5.74) is 6.22. The molecule has 0 amide bonds. The van der Waals surface area contributed by atoms with Gasteiger partial charge in [0, 0.05) is 12.2 Å². The molecule has 0 aliphatic heterocycles. The van der Waals surface area contributed by atoms with Crippen molar-refractivity contribution < 1.29 is 4.39 Å². The highest BCUT2D eigenvalue weighted by Crippen LogP contribution is 2.14. The van der Waals surface area contributed by atoms with Gasteiger partial charge in [0.15, 0.2) is 5.96 Å². The van der Waals surface area contributed by atoms with E-state index >= 15 is 0 Å². The third-order valence-corrected chi connectivity index (χ3v) is 2.16. The molecule has 0 spiro atoms. The quantitative estimate of drug-likeness (QED) is 0.590. The van der Waals surface area contributed by atoms with Gasteiger partial charge in [0.1, 0.15) is 5.82 Å². The lowest BCUT2D eigenvalue weighted by atomic mass is 10.2. The van der Waals surface area contributed by atoms with Crippen molar-refractivity contribution in [3.8, 4) is 0 Å². The van der Waals surface area contributed by atoms with Crippen molar-refractivity contribution in [1.82, 2.24) is 0 Å². The lowest BCUT2D eigenvalue weighted by molar-refractivity contribution is 0.627. The van der Waals surface area contributed by atoms with Crippen molar-refractivity contribution >= 4 is 11.6 Å². The molecule has 1 aromatic carbocycles. The molecule has 1 rings (SSSR count). The van der Waals surface area contributed by atoms with E-state index in [1.807, 2.05) is 0 Å². The summed E-state index contributed by atoms with van der Waals surface area (Å²) < 4.78 is 12.7. The number of halogens is 1. The molecular formula is C11H16FN3. The zero-order valence-electron chi connectivity index (χ0n) is 8.83. The summed E-state index contributed by atoms with van der Waals surface area (Å²) in [5, 5.41) is 7.43. The van der Waals surface area contributed by atoms with Crippen molar-refractivity contribution in [2.75, 3.05) is 11.4 Å². The zero-order chi connectivity index (χ0) is 11.3. The molecule has 4 heteroatoms. The van der Waals surface area contributed by atoms with Gasteiger partial charge in [-0.05, 0) is 30.7 Å². The number of nitrogens with two attached hydrogens (primary N) is 1. The van der Waals surface area contributed by atoms with Gasteiger partial charge >= 0.3 is 0 Å². The minimum atomic E-state index is -0.280. The monoisotopic (exact) mass is 209 g/mol. The largest absolute Gasteiger partial charge is 0.370 e. The van der Waals surface area contributed by atoms with Crippen LogP contribution in [0.15, 0.2) is 24.3 Å². The molecular weight excluding hydrogens is 193 g/mol. The molecule has 0 aromatic heterocycles. The third kappa shape index (κ3) is 3.23. The van der Waals surface area contributed by atoms with Crippen LogP contribution in [0, 0.1) is 11.2 Å². The van der Waals surface area contributed by atoms with Gasteiger partial charge in [-0.25, -0.2) is 4.39 Å². The Morgan fingerprint density at radius 1 is 1.40 bits per heavy atom. The van der Waals surface area contributed by atoms with Gasteiger partial charge in [0.05, 0.1) is 0 Å². The fraction of sp³-hybridized carbons (Fsp3) is 0.364. The van der Waals surface area contributed by atoms with Gasteiger partial charge in [-0.2, -0.15) is 0 Å². The minimum Gasteiger partial charge on any atom is -0.370 e. The predicted molar refractivity (Wildman–Crippen MR) is 60.6 cm³/mol. The maximum atomic E-state index is 12.7. The number of hydrogen-bond donors (Lipinski definition) is 2. The fourth-order valence-electron chi connectivity index (χ4n) is 1.33. The molecule has 0 saturated carbocycles. The topological polar surface area (TPSA) is 53.1 Å². The second kappa shape index (κ2) is 5.34. The number of anilines is 1. The summed E-state index contributed by atoms with van der Waals surface area (Å²) in [6, 6.07) is 6.01. The number of rotatable bonds is 4. The molecule has 0 bridgehead atoms. The van der Waals surface area contributed by atoms with E-state index in [4.69, 9.17) is 11.1 Å². The molecule has 0 radical (unpaired) electrons. The van der Waals surface area contributed by atoms with E-state index in [-0.39, 0.29) is 11.8 Å². The molecule has 0 aliphatic rings. The molecule has 0 unspecified atom stereocenters. The molecule has 3 nitrogen and oxygen atoms in total. The Hall–Kier alpha value is -1.58. The van der Waals surface area contributed by atoms with Gasteiger partial charge in [0.25, 0.3) is 0 Å². The highest BCUT2D eigenvalue weighted by molar-refractivity contribution is 5.92. The number of hydrogen-bond acceptors (Lipinski definition) is 1. The Bertz CT molecular complexity index is 321. The predicted octanol–water partition coefficient (Wildman–Crippen LogP) is 2.33. The Morgan fingerprint density at radius 3 is 2.47 bits per heavy atom. The highest BCUT2D eigenvalue weighted by atomic mass is 19.1. The molecule has 3 N–H and O–H groups in total. The van der Waals surface area contributed by atoms with Crippen LogP contribution in [0.4, 0.5) is 10.1 Å². The highest BCUT2D eigenvalue weighted by Gasteiger charge is 2.08. The number of guanidine groups is 1. The molecule has 0 atom stereocenters. The summed E-state index contributed by atoms with van der Waals surface area (Å²) in [5.74, 6) is -0.284. The third-order valence-electron chi connectivity index (χ3n) is 2.16. The SMILES string of the molecule is CCCCN(C(=N)N)c1ccc(F)cc1. The Labute approximate surface area is 89.2 Å². The van der Waals surface area contributed by atoms with Crippen LogP contribution in [-0.4, -0.2) is 12.5 Å². The first kappa shape index (κ1) is 11.5. The smallest absolute Gasteiger partial charge is 0.192 e. The van der Waals surface area contributed by atoms with Crippen LogP contribution in [0.25, 0.3) is 0 Å². The van der Waals surface area contributed by atoms with E-state index in [1.54, 1.807) is 17.0 Å². The van der Waals surface area contributed by atoms with Crippen LogP contribution in [0.5, 0.6) is 0 Å². The first-order valence-electron chi connectivity index (χ1n) is 5.02. The summed E-state index contributed by atoms with van der Waals surface area (Å²) in [7, 11) is 0. The molecule has 0 aliphatic carbocycles. The van der Waals surface area contributed by atoms with E-state index in [0.717, 1.165) is 18.5 Å². The molecule has 0 heterocycles. The first-order valence-corrected chi connectivity index (χ1v) is 5.02. The average Bonchev–Trinajstić information content (AvgIpc) is 2.21. The van der Waals surface area contributed by atoms with Crippen molar-refractivity contribution in [1.29, 1.82) is 5.41 Å². The second-order valence-corrected chi connectivity index (χ2v) is 3.37. The molecule has 0 fully saturated rings. The number of unbranched alkanes of at least 4 members (excludes halogenated alkanes) is 1. The Kier molecular flexibility index (Phi) is 4.09. The van der Waals surface area contributed by atoms with E-state index in [0.29, 0.717) is 6.54 Å². The van der Waals surface area contributed by atoms with Crippen LogP contribution >= 0.6 is 0 Å². The minimum absolute atomic E-state index is 0.00458. The summed E-state index contributed by atoms with van der Waals surface area (Å²) in [6.45, 7) is 2.76. The van der Waals surface area contributed by atoms with Gasteiger partial charge in [-0.15, -0.1) is 0 Å². The Balaban J connectivity index is 2.79. The lowest BCUT2D eigenvalue weighted by Gasteiger charge is -2.22. The van der Waals surface area contributed by atoms with Crippen molar-refractivity contribution in [3.63, 3.8) is 0 Å². The van der Waals surface area contributed by atoms with E-state index in [9.17, 15) is 4.39 Å². The second-order valence-electron chi connectivity index (χ2n) is 3.37. The number of benzene rings is 1. The number of nitrogens with zero attached hydrogens (tertiary/aromatic N) is 1. The zero-order valence-corrected chi connectivity index (χ0v) is 8.83. The van der Waals surface area contributed by atoms with Crippen LogP contribution in [-0.2, 0) is 0 Å². The lowest BCUT2D eigenvalue weighted by Crippen LogP contribution is -2.37. The summed E-state index contributed by atoms with van der Waals surface area (Å²) >= 11 is 0. The molecule has 0 saturated heterocycles. The van der Waals surface area contributed by atoms with E-state index < -0.39 is 0 Å². The van der Waals surface area contributed by atoms with Gasteiger partial charge < -0.3 is 10.6 Å². The average molecular weight is 209 g/mol. The van der Waals surface area contributed by atoms with Crippen molar-refractivity contribution in [2.24, 2.45) is 5.73 Å². The first-order chi connectivity index (χ1) is 7.15. The molecule has 15 heavy (non-hydrogen) atoms. The normalized spacial score (nSPS) is 10.0. The fourth-order valence-corrected chi connectivity index (χ4v) is 1.33.